The minimum atomic E-state index is -0.397. The fraction of sp³-hybridized carbons (Fsp3) is 0.455. The molecule has 7 nitrogen and oxygen atoms in total. The number of fused-ring (bicyclic) bond motifs is 1. The average Bonchev–Trinajstić information content (AvgIpc) is 3.05. The molecule has 8 heteroatoms. The number of rotatable bonds is 6. The van der Waals surface area contributed by atoms with Gasteiger partial charge in [0, 0.05) is 10.9 Å². The molecule has 0 unspecified atom stereocenters. The van der Waals surface area contributed by atoms with Crippen molar-refractivity contribution < 1.29 is 4.79 Å². The molecule has 0 aliphatic heterocycles. The third-order valence-corrected chi connectivity index (χ3v) is 6.82. The summed E-state index contributed by atoms with van der Waals surface area (Å²) in [5, 5.41) is 13.1. The number of carbonyl (C=O) groups is 1. The van der Waals surface area contributed by atoms with Crippen LogP contribution < -0.4 is 11.0 Å². The van der Waals surface area contributed by atoms with Gasteiger partial charge in [0.2, 0.25) is 5.91 Å². The highest BCUT2D eigenvalue weighted by molar-refractivity contribution is 7.99. The van der Waals surface area contributed by atoms with Crippen LogP contribution in [0.4, 0.5) is 5.69 Å². The lowest BCUT2D eigenvalue weighted by atomic mass is 10.0. The summed E-state index contributed by atoms with van der Waals surface area (Å²) < 4.78 is 2.47. The monoisotopic (exact) mass is 425 g/mol. The predicted molar refractivity (Wildman–Crippen MR) is 119 cm³/mol. The number of hydrogen-bond acceptors (Lipinski definition) is 5. The summed E-state index contributed by atoms with van der Waals surface area (Å²) in [7, 11) is 0. The van der Waals surface area contributed by atoms with Crippen LogP contribution in [0.1, 0.15) is 50.2 Å². The Balaban J connectivity index is 1.51. The number of hydrogen-bond donors (Lipinski definition) is 1. The van der Waals surface area contributed by atoms with E-state index < -0.39 is 5.69 Å². The smallest absolute Gasteiger partial charge is 0.324 e. The highest BCUT2D eigenvalue weighted by atomic mass is 32.2. The fourth-order valence-electron chi connectivity index (χ4n) is 3.93. The molecule has 1 aromatic carbocycles. The van der Waals surface area contributed by atoms with E-state index in [1.165, 1.54) is 41.3 Å². The van der Waals surface area contributed by atoms with Gasteiger partial charge in [0.25, 0.3) is 0 Å². The molecule has 30 heavy (non-hydrogen) atoms. The predicted octanol–water partition coefficient (Wildman–Crippen LogP) is 3.83. The molecule has 0 spiro atoms. The SMILES string of the molecule is CCc1cccc(C)c1NC(=O)Cn1nc2ccc(SC3CCCCC3)nn2c1=O. The minimum Gasteiger partial charge on any atom is -0.324 e. The Hall–Kier alpha value is -2.61. The van der Waals surface area contributed by atoms with E-state index in [9.17, 15) is 9.59 Å². The van der Waals surface area contributed by atoms with Crippen LogP contribution in [0.2, 0.25) is 0 Å². The summed E-state index contributed by atoms with van der Waals surface area (Å²) in [5.74, 6) is -0.277. The molecule has 1 N–H and O–H groups in total. The topological polar surface area (TPSA) is 81.3 Å². The van der Waals surface area contributed by atoms with E-state index in [1.54, 1.807) is 17.8 Å². The molecular weight excluding hydrogens is 398 g/mol. The van der Waals surface area contributed by atoms with Gasteiger partial charge in [-0.25, -0.2) is 9.48 Å². The van der Waals surface area contributed by atoms with Crippen molar-refractivity contribution in [3.63, 3.8) is 0 Å². The van der Waals surface area contributed by atoms with Crippen LogP contribution in [0, 0.1) is 6.92 Å². The first-order chi connectivity index (χ1) is 14.5. The summed E-state index contributed by atoms with van der Waals surface area (Å²) in [6.45, 7) is 3.86. The third-order valence-electron chi connectivity index (χ3n) is 5.55. The van der Waals surface area contributed by atoms with E-state index in [4.69, 9.17) is 0 Å². The van der Waals surface area contributed by atoms with Crippen molar-refractivity contribution in [2.24, 2.45) is 0 Å². The molecular formula is C22H27N5O2S. The quantitative estimate of drug-likeness (QED) is 0.649. The maximum Gasteiger partial charge on any atom is 0.367 e. The fourth-order valence-corrected chi connectivity index (χ4v) is 5.11. The zero-order valence-electron chi connectivity index (χ0n) is 17.4. The second-order valence-corrected chi connectivity index (χ2v) is 9.09. The van der Waals surface area contributed by atoms with Crippen molar-refractivity contribution in [2.45, 2.75) is 69.2 Å². The molecule has 2 heterocycles. The van der Waals surface area contributed by atoms with Gasteiger partial charge in [-0.3, -0.25) is 4.79 Å². The van der Waals surface area contributed by atoms with Crippen LogP contribution in [-0.4, -0.2) is 30.6 Å². The summed E-state index contributed by atoms with van der Waals surface area (Å²) >= 11 is 1.73. The molecule has 0 saturated heterocycles. The number of thioether (sulfide) groups is 1. The van der Waals surface area contributed by atoms with Gasteiger partial charge in [0.05, 0.1) is 0 Å². The van der Waals surface area contributed by atoms with Gasteiger partial charge in [-0.15, -0.1) is 16.9 Å². The second kappa shape index (κ2) is 9.04. The van der Waals surface area contributed by atoms with E-state index in [1.807, 2.05) is 38.1 Å². The summed E-state index contributed by atoms with van der Waals surface area (Å²) in [4.78, 5) is 25.4. The number of para-hydroxylation sites is 1. The number of aryl methyl sites for hydroxylation is 2. The summed E-state index contributed by atoms with van der Waals surface area (Å²) in [5.41, 5.74) is 2.93. The molecule has 1 aliphatic carbocycles. The van der Waals surface area contributed by atoms with Gasteiger partial charge in [-0.2, -0.15) is 9.61 Å². The maximum absolute atomic E-state index is 12.8. The van der Waals surface area contributed by atoms with Crippen LogP contribution in [-0.2, 0) is 17.8 Å². The standard InChI is InChI=1S/C22H27N5O2S/c1-3-16-9-7-8-15(2)21(16)23-19(28)14-26-22(29)27-18(24-26)12-13-20(25-27)30-17-10-5-4-6-11-17/h7-9,12-13,17H,3-6,10-11,14H2,1-2H3,(H,23,28). The average molecular weight is 426 g/mol. The zero-order chi connectivity index (χ0) is 21.1. The lowest BCUT2D eigenvalue weighted by molar-refractivity contribution is -0.117. The Labute approximate surface area is 179 Å². The number of carbonyl (C=O) groups excluding carboxylic acids is 1. The summed E-state index contributed by atoms with van der Waals surface area (Å²) in [6.07, 6.45) is 7.02. The molecule has 0 radical (unpaired) electrons. The zero-order valence-corrected chi connectivity index (χ0v) is 18.2. The minimum absolute atomic E-state index is 0.148. The first-order valence-electron chi connectivity index (χ1n) is 10.6. The van der Waals surface area contributed by atoms with Crippen molar-refractivity contribution in [3.8, 4) is 0 Å². The number of benzene rings is 1. The second-order valence-electron chi connectivity index (χ2n) is 7.77. The molecule has 1 aliphatic rings. The highest BCUT2D eigenvalue weighted by Gasteiger charge is 2.18. The van der Waals surface area contributed by atoms with E-state index in [0.29, 0.717) is 10.9 Å². The van der Waals surface area contributed by atoms with Crippen molar-refractivity contribution in [3.05, 3.63) is 51.9 Å². The van der Waals surface area contributed by atoms with Crippen LogP contribution >= 0.6 is 11.8 Å². The van der Waals surface area contributed by atoms with Crippen LogP contribution in [0.25, 0.3) is 5.65 Å². The van der Waals surface area contributed by atoms with E-state index in [2.05, 4.69) is 15.5 Å². The van der Waals surface area contributed by atoms with E-state index in [0.717, 1.165) is 28.3 Å². The van der Waals surface area contributed by atoms with Crippen LogP contribution in [0.15, 0.2) is 40.2 Å². The van der Waals surface area contributed by atoms with E-state index >= 15 is 0 Å². The lowest BCUT2D eigenvalue weighted by Gasteiger charge is -2.20. The maximum atomic E-state index is 12.8. The van der Waals surface area contributed by atoms with Gasteiger partial charge >= 0.3 is 5.69 Å². The van der Waals surface area contributed by atoms with Gasteiger partial charge in [0.15, 0.2) is 5.65 Å². The molecule has 0 bridgehead atoms. The Bertz CT molecular complexity index is 1110. The third kappa shape index (κ3) is 4.43. The number of anilines is 1. The molecule has 2 aromatic heterocycles. The van der Waals surface area contributed by atoms with Crippen LogP contribution in [0.3, 0.4) is 0 Å². The molecule has 0 atom stereocenters. The van der Waals surface area contributed by atoms with Crippen molar-refractivity contribution >= 4 is 29.0 Å². The molecule has 1 amide bonds. The number of nitrogens with zero attached hydrogens (tertiary/aromatic N) is 4. The molecule has 4 rings (SSSR count). The normalized spacial score (nSPS) is 14.9. The Morgan fingerprint density at radius 2 is 1.97 bits per heavy atom. The molecule has 3 aromatic rings. The number of amides is 1. The lowest BCUT2D eigenvalue weighted by Crippen LogP contribution is -2.29. The number of nitrogens with one attached hydrogen (secondary N) is 1. The van der Waals surface area contributed by atoms with E-state index in [-0.39, 0.29) is 12.5 Å². The first-order valence-corrected chi connectivity index (χ1v) is 11.4. The van der Waals surface area contributed by atoms with Gasteiger partial charge < -0.3 is 5.32 Å². The Morgan fingerprint density at radius 1 is 1.17 bits per heavy atom. The molecule has 1 saturated carbocycles. The molecule has 158 valence electrons. The first kappa shape index (κ1) is 20.7. The summed E-state index contributed by atoms with van der Waals surface area (Å²) in [6, 6.07) is 9.64. The van der Waals surface area contributed by atoms with Gasteiger partial charge in [-0.05, 0) is 49.4 Å². The molecule has 1 fully saturated rings. The van der Waals surface area contributed by atoms with Crippen LogP contribution in [0.5, 0.6) is 0 Å². The van der Waals surface area contributed by atoms with Crippen molar-refractivity contribution in [2.75, 3.05) is 5.32 Å². The largest absolute Gasteiger partial charge is 0.367 e. The van der Waals surface area contributed by atoms with Gasteiger partial charge in [-0.1, -0.05) is 44.4 Å². The highest BCUT2D eigenvalue weighted by Crippen LogP contribution is 2.32. The van der Waals surface area contributed by atoms with Crippen molar-refractivity contribution in [1.29, 1.82) is 0 Å². The number of aromatic nitrogens is 4. The van der Waals surface area contributed by atoms with Crippen molar-refractivity contribution in [1.82, 2.24) is 19.4 Å². The van der Waals surface area contributed by atoms with Gasteiger partial charge in [0.1, 0.15) is 11.6 Å². The Kier molecular flexibility index (Phi) is 6.22. The Morgan fingerprint density at radius 3 is 2.73 bits per heavy atom.